The first-order chi connectivity index (χ1) is 10.7. The van der Waals surface area contributed by atoms with Crippen molar-refractivity contribution in [1.29, 1.82) is 0 Å². The summed E-state index contributed by atoms with van der Waals surface area (Å²) < 4.78 is 14.2. The van der Waals surface area contributed by atoms with Crippen LogP contribution in [0.2, 0.25) is 0 Å². The Balaban J connectivity index is 0.000000534. The molecule has 6 heteroatoms. The summed E-state index contributed by atoms with van der Waals surface area (Å²) in [5.74, 6) is 0.685. The molecule has 22 heavy (non-hydrogen) atoms. The smallest absolute Gasteiger partial charge is 0.379 e. The van der Waals surface area contributed by atoms with Gasteiger partial charge < -0.3 is 24.3 Å². The number of nitrogens with two attached hydrogens (primary N) is 1. The van der Waals surface area contributed by atoms with Gasteiger partial charge in [-0.05, 0) is 38.8 Å². The van der Waals surface area contributed by atoms with Crippen molar-refractivity contribution in [2.75, 3.05) is 34.4 Å². The highest BCUT2D eigenvalue weighted by Crippen LogP contribution is 2.15. The molecule has 0 saturated carbocycles. The molecule has 0 aromatic carbocycles. The van der Waals surface area contributed by atoms with Gasteiger partial charge in [0.15, 0.2) is 0 Å². The molecule has 1 aliphatic rings. The number of nitrogens with one attached hydrogen (secondary N) is 1. The molecule has 2 unspecified atom stereocenters. The highest BCUT2D eigenvalue weighted by Gasteiger charge is 2.13. The van der Waals surface area contributed by atoms with E-state index in [0.29, 0.717) is 12.0 Å². The van der Waals surface area contributed by atoms with Gasteiger partial charge in [0.05, 0.1) is 0 Å². The van der Waals surface area contributed by atoms with Crippen LogP contribution in [0, 0.1) is 5.92 Å². The minimum atomic E-state index is -1.67. The quantitative estimate of drug-likeness (QED) is 0.772. The molecular formula is C16H38N2O3Si. The van der Waals surface area contributed by atoms with Crippen molar-refractivity contribution in [2.45, 2.75) is 64.3 Å². The van der Waals surface area contributed by atoms with Gasteiger partial charge in [-0.15, -0.1) is 0 Å². The predicted octanol–water partition coefficient (Wildman–Crippen LogP) is 2.32. The monoisotopic (exact) mass is 334 g/mol. The summed E-state index contributed by atoms with van der Waals surface area (Å²) in [6.45, 7) is 4.46. The normalized spacial score (nSPS) is 22.9. The van der Waals surface area contributed by atoms with Crippen LogP contribution < -0.4 is 11.1 Å². The number of hydrogen-bond acceptors (Lipinski definition) is 5. The molecule has 3 N–H and O–H groups in total. The summed E-state index contributed by atoms with van der Waals surface area (Å²) in [6.07, 6.45) is 11.1. The Bertz CT molecular complexity index is 212. The maximum absolute atomic E-state index is 6.01. The van der Waals surface area contributed by atoms with Gasteiger partial charge in [-0.1, -0.05) is 38.5 Å². The lowest BCUT2D eigenvalue weighted by Gasteiger charge is -2.21. The van der Waals surface area contributed by atoms with Crippen LogP contribution in [0.5, 0.6) is 0 Å². The van der Waals surface area contributed by atoms with E-state index in [1.165, 1.54) is 57.9 Å². The third-order valence-electron chi connectivity index (χ3n) is 4.16. The topological polar surface area (TPSA) is 65.7 Å². The SMILES string of the molecule is CC(N)C1CCCCCCCCCNC1.CO[SiH](OC)OC. The molecular weight excluding hydrogens is 296 g/mol. The third-order valence-corrected chi connectivity index (χ3v) is 5.31. The summed E-state index contributed by atoms with van der Waals surface area (Å²) in [5, 5.41) is 3.55. The second kappa shape index (κ2) is 15.9. The van der Waals surface area contributed by atoms with Gasteiger partial charge in [0, 0.05) is 27.4 Å². The molecule has 134 valence electrons. The molecule has 0 spiro atoms. The van der Waals surface area contributed by atoms with Crippen molar-refractivity contribution >= 4 is 9.53 Å². The molecule has 0 amide bonds. The summed E-state index contributed by atoms with van der Waals surface area (Å²) in [7, 11) is 3.05. The lowest BCUT2D eigenvalue weighted by Crippen LogP contribution is -2.35. The van der Waals surface area contributed by atoms with Crippen molar-refractivity contribution in [2.24, 2.45) is 11.7 Å². The number of rotatable bonds is 4. The molecule has 0 aromatic rings. The minimum absolute atomic E-state index is 0.348. The van der Waals surface area contributed by atoms with E-state index in [4.69, 9.17) is 19.0 Å². The van der Waals surface area contributed by atoms with Crippen molar-refractivity contribution < 1.29 is 13.3 Å². The predicted molar refractivity (Wildman–Crippen MR) is 95.1 cm³/mol. The Labute approximate surface area is 139 Å². The first-order valence-electron chi connectivity index (χ1n) is 8.70. The molecule has 0 aromatic heterocycles. The minimum Gasteiger partial charge on any atom is -0.379 e. The van der Waals surface area contributed by atoms with E-state index < -0.39 is 9.53 Å². The molecule has 2 atom stereocenters. The lowest BCUT2D eigenvalue weighted by molar-refractivity contribution is 0.163. The molecule has 1 rings (SSSR count). The average Bonchev–Trinajstić information content (AvgIpc) is 2.50. The fraction of sp³-hybridized carbons (Fsp3) is 1.00. The Kier molecular flexibility index (Phi) is 15.9. The fourth-order valence-electron chi connectivity index (χ4n) is 2.67. The molecule has 1 heterocycles. The van der Waals surface area contributed by atoms with Crippen LogP contribution in [0.1, 0.15) is 58.3 Å². The van der Waals surface area contributed by atoms with E-state index in [9.17, 15) is 0 Å². The van der Waals surface area contributed by atoms with Gasteiger partial charge in [-0.3, -0.25) is 0 Å². The number of hydrogen-bond donors (Lipinski definition) is 2. The molecule has 0 bridgehead atoms. The second-order valence-electron chi connectivity index (χ2n) is 6.08. The maximum atomic E-state index is 6.01. The fourth-order valence-corrected chi connectivity index (χ4v) is 3.24. The summed E-state index contributed by atoms with van der Waals surface area (Å²) in [5.41, 5.74) is 6.01. The van der Waals surface area contributed by atoms with Gasteiger partial charge in [-0.25, -0.2) is 0 Å². The van der Waals surface area contributed by atoms with Crippen LogP contribution in [-0.2, 0) is 13.3 Å². The molecule has 0 aliphatic carbocycles. The summed E-state index contributed by atoms with van der Waals surface area (Å²) in [4.78, 5) is 0. The van der Waals surface area contributed by atoms with Crippen LogP contribution in [0.4, 0.5) is 0 Å². The third kappa shape index (κ3) is 12.5. The van der Waals surface area contributed by atoms with Gasteiger partial charge in [0.2, 0.25) is 0 Å². The van der Waals surface area contributed by atoms with E-state index in [0.717, 1.165) is 6.54 Å². The molecule has 1 saturated heterocycles. The van der Waals surface area contributed by atoms with Crippen molar-refractivity contribution in [1.82, 2.24) is 5.32 Å². The van der Waals surface area contributed by atoms with Gasteiger partial charge >= 0.3 is 9.53 Å². The van der Waals surface area contributed by atoms with Crippen molar-refractivity contribution in [3.05, 3.63) is 0 Å². The van der Waals surface area contributed by atoms with Crippen LogP contribution in [0.3, 0.4) is 0 Å². The Morgan fingerprint density at radius 3 is 1.86 bits per heavy atom. The first kappa shape index (κ1) is 22.0. The maximum Gasteiger partial charge on any atom is 0.483 e. The van der Waals surface area contributed by atoms with Crippen LogP contribution in [0.25, 0.3) is 0 Å². The Hall–Kier alpha value is 0.0169. The van der Waals surface area contributed by atoms with E-state index in [1.54, 1.807) is 21.3 Å². The van der Waals surface area contributed by atoms with Crippen LogP contribution in [0.15, 0.2) is 0 Å². The van der Waals surface area contributed by atoms with E-state index in [-0.39, 0.29) is 0 Å². The molecule has 5 nitrogen and oxygen atoms in total. The van der Waals surface area contributed by atoms with Crippen molar-refractivity contribution in [3.8, 4) is 0 Å². The van der Waals surface area contributed by atoms with Gasteiger partial charge in [-0.2, -0.15) is 0 Å². The molecule has 0 radical (unpaired) electrons. The van der Waals surface area contributed by atoms with E-state index in [1.807, 2.05) is 0 Å². The van der Waals surface area contributed by atoms with Crippen molar-refractivity contribution in [3.63, 3.8) is 0 Å². The standard InChI is InChI=1S/C13H28N2.C3H10O3Si/c1-12(14)13-9-7-5-3-2-4-6-8-10-15-11-13;1-4-7(5-2)6-3/h12-13,15H,2-11,14H2,1H3;7H,1-3H3. The zero-order chi connectivity index (χ0) is 16.6. The second-order valence-corrected chi connectivity index (χ2v) is 8.07. The Morgan fingerprint density at radius 1 is 0.909 bits per heavy atom. The van der Waals surface area contributed by atoms with Gasteiger partial charge in [0.25, 0.3) is 0 Å². The zero-order valence-corrected chi connectivity index (χ0v) is 16.3. The first-order valence-corrected chi connectivity index (χ1v) is 10.1. The zero-order valence-electron chi connectivity index (χ0n) is 15.1. The van der Waals surface area contributed by atoms with E-state index >= 15 is 0 Å². The summed E-state index contributed by atoms with van der Waals surface area (Å²) in [6, 6.07) is 0.348. The van der Waals surface area contributed by atoms with E-state index in [2.05, 4.69) is 12.2 Å². The average molecular weight is 335 g/mol. The van der Waals surface area contributed by atoms with Crippen LogP contribution >= 0.6 is 0 Å². The lowest BCUT2D eigenvalue weighted by atomic mass is 9.94. The molecule has 1 fully saturated rings. The largest absolute Gasteiger partial charge is 0.483 e. The van der Waals surface area contributed by atoms with Crippen LogP contribution in [-0.4, -0.2) is 50.0 Å². The highest BCUT2D eigenvalue weighted by atomic mass is 28.3. The molecule has 1 aliphatic heterocycles. The summed E-state index contributed by atoms with van der Waals surface area (Å²) >= 11 is 0. The van der Waals surface area contributed by atoms with Gasteiger partial charge in [0.1, 0.15) is 0 Å². The Morgan fingerprint density at radius 2 is 1.41 bits per heavy atom. The highest BCUT2D eigenvalue weighted by molar-refractivity contribution is 6.36.